The normalized spacial score (nSPS) is 13.5. The lowest BCUT2D eigenvalue weighted by Crippen LogP contribution is -2.37. The van der Waals surface area contributed by atoms with Gasteiger partial charge in [-0.3, -0.25) is 0 Å². The lowest BCUT2D eigenvalue weighted by molar-refractivity contribution is 0.402. The molecule has 2 nitrogen and oxygen atoms in total. The second-order valence-electron chi connectivity index (χ2n) is 6.22. The molecule has 0 saturated carbocycles. The summed E-state index contributed by atoms with van der Waals surface area (Å²) in [5.74, 6) is 0.721. The molecule has 0 bridgehead atoms. The van der Waals surface area contributed by atoms with Crippen molar-refractivity contribution >= 4 is 0 Å². The number of hydrogen-bond donors (Lipinski definition) is 2. The van der Waals surface area contributed by atoms with Gasteiger partial charge in [0.25, 0.3) is 0 Å². The van der Waals surface area contributed by atoms with Crippen LogP contribution in [-0.4, -0.2) is 26.7 Å². The van der Waals surface area contributed by atoms with Crippen LogP contribution in [0.3, 0.4) is 0 Å². The van der Waals surface area contributed by atoms with E-state index in [1.54, 1.807) is 0 Å². The van der Waals surface area contributed by atoms with Gasteiger partial charge in [0.15, 0.2) is 0 Å². The van der Waals surface area contributed by atoms with Crippen LogP contribution in [0.2, 0.25) is 0 Å². The van der Waals surface area contributed by atoms with Crippen LogP contribution < -0.4 is 10.6 Å². The fraction of sp³-hybridized carbons (Fsp3) is 0.647. The topological polar surface area (TPSA) is 24.1 Å². The van der Waals surface area contributed by atoms with Crippen LogP contribution in [-0.2, 0) is 5.41 Å². The van der Waals surface area contributed by atoms with E-state index in [2.05, 4.69) is 62.6 Å². The summed E-state index contributed by atoms with van der Waals surface area (Å²) >= 11 is 0. The Morgan fingerprint density at radius 1 is 1.21 bits per heavy atom. The van der Waals surface area contributed by atoms with Crippen molar-refractivity contribution in [3.8, 4) is 0 Å². The molecule has 1 atom stereocenters. The third kappa shape index (κ3) is 5.33. The molecule has 0 amide bonds. The average molecular weight is 262 g/mol. The zero-order valence-electron chi connectivity index (χ0n) is 13.2. The summed E-state index contributed by atoms with van der Waals surface area (Å²) in [4.78, 5) is 0. The van der Waals surface area contributed by atoms with Gasteiger partial charge in [0.05, 0.1) is 0 Å². The first-order valence-electron chi connectivity index (χ1n) is 7.42. The molecular formula is C17H30N2. The van der Waals surface area contributed by atoms with E-state index in [0.717, 1.165) is 25.6 Å². The molecule has 0 spiro atoms. The predicted molar refractivity (Wildman–Crippen MR) is 84.8 cm³/mol. The highest BCUT2D eigenvalue weighted by Crippen LogP contribution is 2.23. The Balaban J connectivity index is 2.51. The predicted octanol–water partition coefficient (Wildman–Crippen LogP) is 3.11. The minimum absolute atomic E-state index is 0.184. The highest BCUT2D eigenvalue weighted by Gasteiger charge is 2.20. The number of nitrogens with one attached hydrogen (secondary N) is 2. The summed E-state index contributed by atoms with van der Waals surface area (Å²) in [6.07, 6.45) is 1.22. The van der Waals surface area contributed by atoms with Crippen LogP contribution in [0.15, 0.2) is 24.3 Å². The van der Waals surface area contributed by atoms with Gasteiger partial charge in [-0.15, -0.1) is 0 Å². The SMILES string of the molecule is CCC(CNC)CNCC(C)(C)c1cccc(C)c1. The minimum atomic E-state index is 0.184. The molecular weight excluding hydrogens is 232 g/mol. The van der Waals surface area contributed by atoms with Crippen LogP contribution >= 0.6 is 0 Å². The minimum Gasteiger partial charge on any atom is -0.319 e. The first-order chi connectivity index (χ1) is 8.99. The zero-order valence-corrected chi connectivity index (χ0v) is 13.2. The van der Waals surface area contributed by atoms with Crippen molar-refractivity contribution in [2.75, 3.05) is 26.7 Å². The largest absolute Gasteiger partial charge is 0.319 e. The van der Waals surface area contributed by atoms with Gasteiger partial charge in [0.2, 0.25) is 0 Å². The van der Waals surface area contributed by atoms with E-state index in [0.29, 0.717) is 0 Å². The molecule has 1 aromatic carbocycles. The van der Waals surface area contributed by atoms with Gasteiger partial charge < -0.3 is 10.6 Å². The van der Waals surface area contributed by atoms with E-state index in [1.807, 2.05) is 7.05 Å². The number of hydrogen-bond acceptors (Lipinski definition) is 2. The number of aryl methyl sites for hydroxylation is 1. The number of benzene rings is 1. The van der Waals surface area contributed by atoms with Crippen molar-refractivity contribution in [1.29, 1.82) is 0 Å². The third-order valence-corrected chi connectivity index (χ3v) is 3.87. The fourth-order valence-corrected chi connectivity index (χ4v) is 2.41. The van der Waals surface area contributed by atoms with Crippen molar-refractivity contribution in [3.63, 3.8) is 0 Å². The molecule has 0 aliphatic rings. The quantitative estimate of drug-likeness (QED) is 0.752. The van der Waals surface area contributed by atoms with Gasteiger partial charge in [-0.2, -0.15) is 0 Å². The highest BCUT2D eigenvalue weighted by molar-refractivity contribution is 5.28. The van der Waals surface area contributed by atoms with Gasteiger partial charge in [-0.1, -0.05) is 57.0 Å². The molecule has 19 heavy (non-hydrogen) atoms. The summed E-state index contributed by atoms with van der Waals surface area (Å²) < 4.78 is 0. The Morgan fingerprint density at radius 3 is 2.53 bits per heavy atom. The maximum atomic E-state index is 3.64. The first kappa shape index (κ1) is 16.2. The molecule has 108 valence electrons. The maximum Gasteiger partial charge on any atom is 0.00433 e. The van der Waals surface area contributed by atoms with Crippen molar-refractivity contribution in [2.24, 2.45) is 5.92 Å². The van der Waals surface area contributed by atoms with Gasteiger partial charge in [0, 0.05) is 12.0 Å². The van der Waals surface area contributed by atoms with Crippen LogP contribution in [0.1, 0.15) is 38.3 Å². The van der Waals surface area contributed by atoms with E-state index < -0.39 is 0 Å². The van der Waals surface area contributed by atoms with Gasteiger partial charge >= 0.3 is 0 Å². The highest BCUT2D eigenvalue weighted by atomic mass is 14.9. The summed E-state index contributed by atoms with van der Waals surface area (Å²) in [7, 11) is 2.03. The lowest BCUT2D eigenvalue weighted by atomic mass is 9.84. The van der Waals surface area contributed by atoms with E-state index >= 15 is 0 Å². The molecule has 0 fully saturated rings. The molecule has 0 aliphatic carbocycles. The molecule has 1 unspecified atom stereocenters. The molecule has 1 rings (SSSR count). The maximum absolute atomic E-state index is 3.64. The summed E-state index contributed by atoms with van der Waals surface area (Å²) in [5.41, 5.74) is 2.94. The molecule has 0 saturated heterocycles. The van der Waals surface area contributed by atoms with E-state index in [9.17, 15) is 0 Å². The van der Waals surface area contributed by atoms with Crippen molar-refractivity contribution in [3.05, 3.63) is 35.4 Å². The van der Waals surface area contributed by atoms with Crippen LogP contribution in [0.25, 0.3) is 0 Å². The molecule has 2 heteroatoms. The van der Waals surface area contributed by atoms with Crippen LogP contribution in [0.4, 0.5) is 0 Å². The smallest absolute Gasteiger partial charge is 0.00433 e. The van der Waals surface area contributed by atoms with E-state index in [1.165, 1.54) is 17.5 Å². The fourth-order valence-electron chi connectivity index (χ4n) is 2.41. The molecule has 1 aromatic rings. The monoisotopic (exact) mass is 262 g/mol. The molecule has 0 aromatic heterocycles. The molecule has 0 aliphatic heterocycles. The Labute approximate surface area is 119 Å². The summed E-state index contributed by atoms with van der Waals surface area (Å²) in [5, 5.41) is 6.90. The molecule has 2 N–H and O–H groups in total. The number of rotatable bonds is 8. The van der Waals surface area contributed by atoms with Gasteiger partial charge in [0.1, 0.15) is 0 Å². The Hall–Kier alpha value is -0.860. The third-order valence-electron chi connectivity index (χ3n) is 3.87. The summed E-state index contributed by atoms with van der Waals surface area (Å²) in [6, 6.07) is 8.85. The van der Waals surface area contributed by atoms with Crippen molar-refractivity contribution in [1.82, 2.24) is 10.6 Å². The van der Waals surface area contributed by atoms with E-state index in [4.69, 9.17) is 0 Å². The summed E-state index contributed by atoms with van der Waals surface area (Å²) in [6.45, 7) is 12.3. The lowest BCUT2D eigenvalue weighted by Gasteiger charge is -2.27. The van der Waals surface area contributed by atoms with Gasteiger partial charge in [-0.25, -0.2) is 0 Å². The van der Waals surface area contributed by atoms with Crippen molar-refractivity contribution < 1.29 is 0 Å². The molecule has 0 heterocycles. The van der Waals surface area contributed by atoms with Crippen molar-refractivity contribution in [2.45, 2.75) is 39.5 Å². The molecule has 0 radical (unpaired) electrons. The Morgan fingerprint density at radius 2 is 1.95 bits per heavy atom. The Kier molecular flexibility index (Phi) is 6.53. The second kappa shape index (κ2) is 7.66. The average Bonchev–Trinajstić information content (AvgIpc) is 2.37. The van der Waals surface area contributed by atoms with E-state index in [-0.39, 0.29) is 5.41 Å². The Bertz CT molecular complexity index is 371. The second-order valence-corrected chi connectivity index (χ2v) is 6.22. The zero-order chi connectivity index (χ0) is 14.3. The first-order valence-corrected chi connectivity index (χ1v) is 7.42. The van der Waals surface area contributed by atoms with Crippen LogP contribution in [0.5, 0.6) is 0 Å². The standard InChI is InChI=1S/C17H30N2/c1-6-15(11-18-5)12-19-13-17(3,4)16-9-7-8-14(2)10-16/h7-10,15,18-19H,6,11-13H2,1-5H3. The van der Waals surface area contributed by atoms with Gasteiger partial charge in [-0.05, 0) is 38.5 Å². The van der Waals surface area contributed by atoms with Crippen LogP contribution in [0, 0.1) is 12.8 Å².